The third-order valence-corrected chi connectivity index (χ3v) is 2.31. The van der Waals surface area contributed by atoms with E-state index in [1.165, 1.54) is 6.07 Å². The van der Waals surface area contributed by atoms with Gasteiger partial charge in [0.1, 0.15) is 18.2 Å². The van der Waals surface area contributed by atoms with Gasteiger partial charge in [0.05, 0.1) is 11.2 Å². The lowest BCUT2D eigenvalue weighted by atomic mass is 10.2. The SMILES string of the molecule is Fc1ccc(COc2cccnc2)cc1Cl. The van der Waals surface area contributed by atoms with Crippen LogP contribution >= 0.6 is 11.6 Å². The third kappa shape index (κ3) is 2.70. The second-order valence-corrected chi connectivity index (χ2v) is 3.63. The molecule has 0 bridgehead atoms. The van der Waals surface area contributed by atoms with Crippen molar-refractivity contribution in [2.75, 3.05) is 0 Å². The van der Waals surface area contributed by atoms with Crippen molar-refractivity contribution in [2.24, 2.45) is 0 Å². The molecule has 2 aromatic rings. The Morgan fingerprint density at radius 2 is 2.19 bits per heavy atom. The minimum Gasteiger partial charge on any atom is -0.487 e. The predicted octanol–water partition coefficient (Wildman–Crippen LogP) is 3.45. The Morgan fingerprint density at radius 1 is 1.31 bits per heavy atom. The average Bonchev–Trinajstić information content (AvgIpc) is 2.32. The number of ether oxygens (including phenoxy) is 1. The molecule has 16 heavy (non-hydrogen) atoms. The van der Waals surface area contributed by atoms with Crippen LogP contribution in [0.2, 0.25) is 5.02 Å². The fourth-order valence-corrected chi connectivity index (χ4v) is 1.43. The van der Waals surface area contributed by atoms with Crippen molar-refractivity contribution in [2.45, 2.75) is 6.61 Å². The van der Waals surface area contributed by atoms with Gasteiger partial charge in [-0.25, -0.2) is 4.39 Å². The van der Waals surface area contributed by atoms with E-state index in [9.17, 15) is 4.39 Å². The fourth-order valence-electron chi connectivity index (χ4n) is 1.23. The van der Waals surface area contributed by atoms with Crippen LogP contribution in [0.1, 0.15) is 5.56 Å². The summed E-state index contributed by atoms with van der Waals surface area (Å²) in [7, 11) is 0. The van der Waals surface area contributed by atoms with Crippen molar-refractivity contribution < 1.29 is 9.13 Å². The Morgan fingerprint density at radius 3 is 2.88 bits per heavy atom. The van der Waals surface area contributed by atoms with Crippen LogP contribution in [0, 0.1) is 5.82 Å². The van der Waals surface area contributed by atoms with Crippen molar-refractivity contribution in [3.05, 3.63) is 59.1 Å². The molecule has 0 saturated carbocycles. The highest BCUT2D eigenvalue weighted by Crippen LogP contribution is 2.17. The van der Waals surface area contributed by atoms with E-state index in [2.05, 4.69) is 4.98 Å². The zero-order chi connectivity index (χ0) is 11.4. The van der Waals surface area contributed by atoms with E-state index < -0.39 is 5.82 Å². The highest BCUT2D eigenvalue weighted by molar-refractivity contribution is 6.30. The molecule has 0 radical (unpaired) electrons. The van der Waals surface area contributed by atoms with Crippen LogP contribution in [0.3, 0.4) is 0 Å². The normalized spacial score (nSPS) is 10.1. The Balaban J connectivity index is 2.03. The van der Waals surface area contributed by atoms with Gasteiger partial charge in [-0.3, -0.25) is 4.98 Å². The van der Waals surface area contributed by atoms with Gasteiger partial charge in [-0.2, -0.15) is 0 Å². The smallest absolute Gasteiger partial charge is 0.141 e. The van der Waals surface area contributed by atoms with Crippen LogP contribution in [0.25, 0.3) is 0 Å². The number of nitrogens with zero attached hydrogens (tertiary/aromatic N) is 1. The van der Waals surface area contributed by atoms with Crippen LogP contribution in [0.5, 0.6) is 5.75 Å². The second-order valence-electron chi connectivity index (χ2n) is 3.23. The molecule has 0 aliphatic carbocycles. The Labute approximate surface area is 97.7 Å². The highest BCUT2D eigenvalue weighted by atomic mass is 35.5. The summed E-state index contributed by atoms with van der Waals surface area (Å²) < 4.78 is 18.3. The van der Waals surface area contributed by atoms with Crippen LogP contribution in [0.4, 0.5) is 4.39 Å². The summed E-state index contributed by atoms with van der Waals surface area (Å²) in [6.45, 7) is 0.339. The highest BCUT2D eigenvalue weighted by Gasteiger charge is 2.01. The van der Waals surface area contributed by atoms with Crippen molar-refractivity contribution in [3.8, 4) is 5.75 Å². The van der Waals surface area contributed by atoms with Crippen LogP contribution in [-0.4, -0.2) is 4.98 Å². The maximum Gasteiger partial charge on any atom is 0.141 e. The summed E-state index contributed by atoms with van der Waals surface area (Å²) in [6.07, 6.45) is 3.28. The molecular weight excluding hydrogens is 229 g/mol. The molecule has 0 amide bonds. The molecule has 0 N–H and O–H groups in total. The van der Waals surface area contributed by atoms with Gasteiger partial charge in [0, 0.05) is 6.20 Å². The number of hydrogen-bond donors (Lipinski definition) is 0. The molecule has 0 fully saturated rings. The molecule has 2 nitrogen and oxygen atoms in total. The lowest BCUT2D eigenvalue weighted by molar-refractivity contribution is 0.305. The summed E-state index contributed by atoms with van der Waals surface area (Å²) in [5.41, 5.74) is 0.815. The van der Waals surface area contributed by atoms with Gasteiger partial charge in [-0.05, 0) is 29.8 Å². The van der Waals surface area contributed by atoms with Crippen molar-refractivity contribution in [1.82, 2.24) is 4.98 Å². The monoisotopic (exact) mass is 237 g/mol. The lowest BCUT2D eigenvalue weighted by Gasteiger charge is -2.05. The second kappa shape index (κ2) is 4.94. The summed E-state index contributed by atoms with van der Waals surface area (Å²) >= 11 is 5.65. The Kier molecular flexibility index (Phi) is 3.37. The van der Waals surface area contributed by atoms with Gasteiger partial charge < -0.3 is 4.74 Å². The largest absolute Gasteiger partial charge is 0.487 e. The molecule has 0 saturated heterocycles. The first-order valence-corrected chi connectivity index (χ1v) is 5.10. The number of pyridine rings is 1. The Hall–Kier alpha value is -1.61. The maximum absolute atomic E-state index is 12.9. The van der Waals surface area contributed by atoms with E-state index in [4.69, 9.17) is 16.3 Å². The van der Waals surface area contributed by atoms with E-state index in [1.54, 1.807) is 36.7 Å². The van der Waals surface area contributed by atoms with Gasteiger partial charge in [0.2, 0.25) is 0 Å². The van der Waals surface area contributed by atoms with Crippen LogP contribution in [0.15, 0.2) is 42.7 Å². The van der Waals surface area contributed by atoms with Gasteiger partial charge in [-0.1, -0.05) is 17.7 Å². The standard InChI is InChI=1S/C12H9ClFNO/c13-11-6-9(3-4-12(11)14)8-16-10-2-1-5-15-7-10/h1-7H,8H2. The molecule has 1 aromatic carbocycles. The molecule has 82 valence electrons. The molecule has 1 heterocycles. The van der Waals surface area contributed by atoms with E-state index in [1.807, 2.05) is 0 Å². The van der Waals surface area contributed by atoms with E-state index in [-0.39, 0.29) is 5.02 Å². The zero-order valence-electron chi connectivity index (χ0n) is 8.36. The minimum absolute atomic E-state index is 0.104. The maximum atomic E-state index is 12.9. The third-order valence-electron chi connectivity index (χ3n) is 2.02. The van der Waals surface area contributed by atoms with E-state index in [0.29, 0.717) is 12.4 Å². The Bertz CT molecular complexity index is 476. The minimum atomic E-state index is -0.424. The first-order chi connectivity index (χ1) is 7.75. The zero-order valence-corrected chi connectivity index (χ0v) is 9.12. The van der Waals surface area contributed by atoms with E-state index >= 15 is 0 Å². The molecule has 0 aliphatic rings. The van der Waals surface area contributed by atoms with Gasteiger partial charge >= 0.3 is 0 Å². The average molecular weight is 238 g/mol. The first kappa shape index (κ1) is 10.9. The number of benzene rings is 1. The van der Waals surface area contributed by atoms with E-state index in [0.717, 1.165) is 5.56 Å². The molecular formula is C12H9ClFNO. The molecule has 1 aromatic heterocycles. The predicted molar refractivity (Wildman–Crippen MR) is 60.0 cm³/mol. The molecule has 0 unspecified atom stereocenters. The molecule has 2 rings (SSSR count). The van der Waals surface area contributed by atoms with Gasteiger partial charge in [0.25, 0.3) is 0 Å². The number of rotatable bonds is 3. The van der Waals surface area contributed by atoms with Crippen LogP contribution < -0.4 is 4.74 Å². The van der Waals surface area contributed by atoms with Gasteiger partial charge in [0.15, 0.2) is 0 Å². The number of aromatic nitrogens is 1. The topological polar surface area (TPSA) is 22.1 Å². The molecule has 0 spiro atoms. The fraction of sp³-hybridized carbons (Fsp3) is 0.0833. The quantitative estimate of drug-likeness (QED) is 0.816. The summed E-state index contributed by atoms with van der Waals surface area (Å²) in [4.78, 5) is 3.92. The van der Waals surface area contributed by atoms with Crippen molar-refractivity contribution in [3.63, 3.8) is 0 Å². The van der Waals surface area contributed by atoms with Crippen molar-refractivity contribution >= 4 is 11.6 Å². The number of hydrogen-bond acceptors (Lipinski definition) is 2. The lowest BCUT2D eigenvalue weighted by Crippen LogP contribution is -1.96. The summed E-state index contributed by atoms with van der Waals surface area (Å²) in [5.74, 6) is 0.245. The first-order valence-electron chi connectivity index (χ1n) is 4.72. The van der Waals surface area contributed by atoms with Gasteiger partial charge in [-0.15, -0.1) is 0 Å². The molecule has 0 atom stereocenters. The summed E-state index contributed by atoms with van der Waals surface area (Å²) in [5, 5.41) is 0.104. The van der Waals surface area contributed by atoms with Crippen LogP contribution in [-0.2, 0) is 6.61 Å². The number of halogens is 2. The molecule has 4 heteroatoms. The van der Waals surface area contributed by atoms with Crippen molar-refractivity contribution in [1.29, 1.82) is 0 Å². The summed E-state index contributed by atoms with van der Waals surface area (Å²) in [6, 6.07) is 8.10. The molecule has 0 aliphatic heterocycles.